The molecule has 96 valence electrons. The number of fused-ring (bicyclic) bond motifs is 1. The summed E-state index contributed by atoms with van der Waals surface area (Å²) in [5.41, 5.74) is 3.42. The van der Waals surface area contributed by atoms with Crippen LogP contribution in [0.4, 0.5) is 5.82 Å². The smallest absolute Gasteiger partial charge is 0.270 e. The Labute approximate surface area is 117 Å². The molecule has 0 spiro atoms. The van der Waals surface area contributed by atoms with Crippen molar-refractivity contribution in [1.29, 1.82) is 0 Å². The van der Waals surface area contributed by atoms with Crippen molar-refractivity contribution in [1.82, 2.24) is 4.98 Å². The van der Waals surface area contributed by atoms with Gasteiger partial charge in [-0.3, -0.25) is 0 Å². The highest BCUT2D eigenvalue weighted by Gasteiger charge is 2.10. The molecule has 0 aliphatic carbocycles. The molecule has 0 fully saturated rings. The van der Waals surface area contributed by atoms with E-state index in [9.17, 15) is 5.11 Å². The minimum absolute atomic E-state index is 0.257. The normalized spacial score (nSPS) is 10.4. The molecule has 3 aromatic rings. The summed E-state index contributed by atoms with van der Waals surface area (Å²) in [5, 5.41) is 10.9. The Bertz CT molecular complexity index is 847. The Kier molecular flexibility index (Phi) is 2.85. The first kappa shape index (κ1) is 12.2. The first-order valence-electron chi connectivity index (χ1n) is 6.26. The van der Waals surface area contributed by atoms with Crippen molar-refractivity contribution in [3.05, 3.63) is 65.5 Å². The van der Waals surface area contributed by atoms with Crippen LogP contribution in [0.15, 0.2) is 48.5 Å². The largest absolute Gasteiger partial charge is 0.508 e. The molecule has 1 heterocycles. The van der Waals surface area contributed by atoms with E-state index >= 15 is 0 Å². The van der Waals surface area contributed by atoms with Crippen LogP contribution in [0.3, 0.4) is 0 Å². The van der Waals surface area contributed by atoms with Crippen LogP contribution in [-0.2, 0) is 0 Å². The second-order valence-electron chi connectivity index (χ2n) is 4.66. The number of aromatic hydroxyl groups is 1. The van der Waals surface area contributed by atoms with Crippen LogP contribution in [0.2, 0.25) is 0 Å². The fourth-order valence-electron chi connectivity index (χ4n) is 2.23. The number of phenolic OH excluding ortho intramolecular Hbond substituents is 1. The first-order chi connectivity index (χ1) is 9.69. The number of rotatable bonds is 1. The number of nitrogens with zero attached hydrogens (tertiary/aromatic N) is 2. The summed E-state index contributed by atoms with van der Waals surface area (Å²) in [4.78, 5) is 7.73. The predicted molar refractivity (Wildman–Crippen MR) is 79.8 cm³/mol. The Morgan fingerprint density at radius 1 is 1.10 bits per heavy atom. The maximum absolute atomic E-state index is 9.88. The van der Waals surface area contributed by atoms with Crippen LogP contribution in [0.5, 0.6) is 5.75 Å². The summed E-state index contributed by atoms with van der Waals surface area (Å²) in [5.74, 6) is 0.617. The lowest BCUT2D eigenvalue weighted by Crippen LogP contribution is -1.86. The quantitative estimate of drug-likeness (QED) is 0.655. The van der Waals surface area contributed by atoms with Gasteiger partial charge in [0.15, 0.2) is 5.52 Å². The van der Waals surface area contributed by atoms with E-state index in [4.69, 9.17) is 6.57 Å². The molecular formula is C17H12N2O. The first-order valence-corrected chi connectivity index (χ1v) is 6.26. The van der Waals surface area contributed by atoms with Gasteiger partial charge in [0.2, 0.25) is 0 Å². The molecule has 0 amide bonds. The van der Waals surface area contributed by atoms with Crippen molar-refractivity contribution in [2.24, 2.45) is 0 Å². The van der Waals surface area contributed by atoms with Crippen molar-refractivity contribution in [2.75, 3.05) is 0 Å². The maximum atomic E-state index is 9.88. The summed E-state index contributed by atoms with van der Waals surface area (Å²) >= 11 is 0. The molecule has 0 aliphatic rings. The third-order valence-corrected chi connectivity index (χ3v) is 3.34. The number of pyridine rings is 1. The summed E-state index contributed by atoms with van der Waals surface area (Å²) in [6.45, 7) is 9.02. The van der Waals surface area contributed by atoms with E-state index in [1.165, 1.54) is 0 Å². The van der Waals surface area contributed by atoms with Gasteiger partial charge in [-0.1, -0.05) is 36.9 Å². The second-order valence-corrected chi connectivity index (χ2v) is 4.66. The Morgan fingerprint density at radius 2 is 1.90 bits per heavy atom. The Balaban J connectivity index is 2.34. The zero-order valence-corrected chi connectivity index (χ0v) is 11.0. The number of aryl methyl sites for hydroxylation is 1. The van der Waals surface area contributed by atoms with E-state index in [2.05, 4.69) is 9.83 Å². The lowest BCUT2D eigenvalue weighted by atomic mass is 9.99. The SMILES string of the molecule is [C-]#[N+]c1cc(-c2ccc(C)c(O)c2)c2ccccc2n1. The number of phenols is 1. The standard InChI is InChI=1S/C17H12N2O/c1-11-7-8-12(9-16(11)20)14-10-17(18-2)19-15-6-4-3-5-13(14)15/h3-10,20H,1H3. The second kappa shape index (κ2) is 4.67. The summed E-state index contributed by atoms with van der Waals surface area (Å²) in [7, 11) is 0. The molecule has 0 aliphatic heterocycles. The van der Waals surface area contributed by atoms with Crippen molar-refractivity contribution < 1.29 is 5.11 Å². The third-order valence-electron chi connectivity index (χ3n) is 3.34. The van der Waals surface area contributed by atoms with Gasteiger partial charge in [0, 0.05) is 5.39 Å². The molecule has 0 atom stereocenters. The van der Waals surface area contributed by atoms with Gasteiger partial charge in [0.05, 0.1) is 0 Å². The van der Waals surface area contributed by atoms with Gasteiger partial charge in [-0.2, -0.15) is 0 Å². The molecule has 1 N–H and O–H groups in total. The van der Waals surface area contributed by atoms with Crippen molar-refractivity contribution in [3.8, 4) is 16.9 Å². The van der Waals surface area contributed by atoms with Crippen molar-refractivity contribution in [2.45, 2.75) is 6.92 Å². The summed E-state index contributed by atoms with van der Waals surface area (Å²) in [6.07, 6.45) is 0. The van der Waals surface area contributed by atoms with Crippen LogP contribution >= 0.6 is 0 Å². The van der Waals surface area contributed by atoms with Gasteiger partial charge in [-0.15, -0.1) is 4.98 Å². The number of hydrogen-bond donors (Lipinski definition) is 1. The molecule has 0 saturated heterocycles. The molecule has 0 radical (unpaired) electrons. The van der Waals surface area contributed by atoms with Gasteiger partial charge in [-0.05, 0) is 41.8 Å². The van der Waals surface area contributed by atoms with Crippen LogP contribution in [0.1, 0.15) is 5.56 Å². The topological polar surface area (TPSA) is 37.5 Å². The lowest BCUT2D eigenvalue weighted by Gasteiger charge is -2.08. The minimum Gasteiger partial charge on any atom is -0.508 e. The molecule has 20 heavy (non-hydrogen) atoms. The Morgan fingerprint density at radius 3 is 2.65 bits per heavy atom. The van der Waals surface area contributed by atoms with Gasteiger partial charge < -0.3 is 9.95 Å². The highest BCUT2D eigenvalue weighted by atomic mass is 16.3. The zero-order valence-electron chi connectivity index (χ0n) is 11.0. The van der Waals surface area contributed by atoms with Gasteiger partial charge in [-0.25, -0.2) is 0 Å². The van der Waals surface area contributed by atoms with Crippen molar-refractivity contribution >= 4 is 16.7 Å². The number of hydrogen-bond acceptors (Lipinski definition) is 2. The molecule has 3 nitrogen and oxygen atoms in total. The van der Waals surface area contributed by atoms with E-state index in [1.54, 1.807) is 12.1 Å². The number of aromatic nitrogens is 1. The van der Waals surface area contributed by atoms with E-state index in [0.717, 1.165) is 27.6 Å². The summed E-state index contributed by atoms with van der Waals surface area (Å²) in [6, 6.07) is 15.0. The van der Waals surface area contributed by atoms with E-state index in [-0.39, 0.29) is 5.75 Å². The minimum atomic E-state index is 0.257. The molecule has 2 aromatic carbocycles. The van der Waals surface area contributed by atoms with E-state index in [0.29, 0.717) is 5.82 Å². The summed E-state index contributed by atoms with van der Waals surface area (Å²) < 4.78 is 0. The van der Waals surface area contributed by atoms with Crippen LogP contribution in [-0.4, -0.2) is 10.1 Å². The predicted octanol–water partition coefficient (Wildman–Crippen LogP) is 4.47. The molecule has 3 rings (SSSR count). The zero-order chi connectivity index (χ0) is 14.1. The maximum Gasteiger partial charge on any atom is 0.270 e. The monoisotopic (exact) mass is 260 g/mol. The lowest BCUT2D eigenvalue weighted by molar-refractivity contribution is 0.471. The number of benzene rings is 2. The fraction of sp³-hybridized carbons (Fsp3) is 0.0588. The molecule has 3 heteroatoms. The van der Waals surface area contributed by atoms with Crippen molar-refractivity contribution in [3.63, 3.8) is 0 Å². The average Bonchev–Trinajstić information content (AvgIpc) is 2.49. The Hall–Kier alpha value is -2.86. The highest BCUT2D eigenvalue weighted by molar-refractivity contribution is 5.96. The highest BCUT2D eigenvalue weighted by Crippen LogP contribution is 2.33. The van der Waals surface area contributed by atoms with Gasteiger partial charge >= 0.3 is 0 Å². The van der Waals surface area contributed by atoms with E-state index < -0.39 is 0 Å². The van der Waals surface area contributed by atoms with Crippen LogP contribution < -0.4 is 0 Å². The fourth-order valence-corrected chi connectivity index (χ4v) is 2.23. The number of para-hydroxylation sites is 1. The van der Waals surface area contributed by atoms with Crippen LogP contribution in [0, 0.1) is 13.5 Å². The molecule has 0 unspecified atom stereocenters. The molecular weight excluding hydrogens is 248 g/mol. The van der Waals surface area contributed by atoms with Crippen LogP contribution in [0.25, 0.3) is 26.9 Å². The molecule has 0 bridgehead atoms. The molecule has 1 aromatic heterocycles. The van der Waals surface area contributed by atoms with E-state index in [1.807, 2.05) is 43.3 Å². The van der Waals surface area contributed by atoms with Gasteiger partial charge in [0.25, 0.3) is 5.82 Å². The molecule has 0 saturated carbocycles. The third kappa shape index (κ3) is 1.98. The average molecular weight is 260 g/mol. The van der Waals surface area contributed by atoms with Gasteiger partial charge in [0.1, 0.15) is 5.75 Å².